The highest BCUT2D eigenvalue weighted by atomic mass is 16.2. The van der Waals surface area contributed by atoms with Crippen LogP contribution in [-0.2, 0) is 11.2 Å². The van der Waals surface area contributed by atoms with E-state index in [1.807, 2.05) is 59.5 Å². The fraction of sp³-hybridized carbons (Fsp3) is 0.154. The first-order valence-corrected chi connectivity index (χ1v) is 10.9. The molecule has 0 bridgehead atoms. The molecule has 5 rings (SSSR count). The van der Waals surface area contributed by atoms with Crippen molar-refractivity contribution in [1.29, 1.82) is 0 Å². The van der Waals surface area contributed by atoms with Gasteiger partial charge in [-0.1, -0.05) is 36.4 Å². The van der Waals surface area contributed by atoms with E-state index in [0.29, 0.717) is 22.2 Å². The maximum absolute atomic E-state index is 13.1. The molecule has 4 aromatic rings. The van der Waals surface area contributed by atoms with Gasteiger partial charge < -0.3 is 4.90 Å². The molecule has 164 valence electrons. The number of rotatable bonds is 4. The van der Waals surface area contributed by atoms with Crippen LogP contribution in [-0.4, -0.2) is 34.9 Å². The van der Waals surface area contributed by atoms with Crippen molar-refractivity contribution >= 4 is 28.4 Å². The SMILES string of the molecule is O=C(CN1CCCc2ccccc21)NNC(=O)c1cc(-c2cccnc2)nc2ccccc12. The molecule has 0 saturated carbocycles. The average Bonchev–Trinajstić information content (AvgIpc) is 2.87. The normalized spacial score (nSPS) is 12.8. The molecule has 2 N–H and O–H groups in total. The number of amides is 2. The molecule has 33 heavy (non-hydrogen) atoms. The Morgan fingerprint density at radius 1 is 0.970 bits per heavy atom. The van der Waals surface area contributed by atoms with Gasteiger partial charge in [0.1, 0.15) is 0 Å². The number of benzene rings is 2. The van der Waals surface area contributed by atoms with Gasteiger partial charge in [0.15, 0.2) is 0 Å². The van der Waals surface area contributed by atoms with Gasteiger partial charge in [-0.2, -0.15) is 0 Å². The predicted molar refractivity (Wildman–Crippen MR) is 128 cm³/mol. The summed E-state index contributed by atoms with van der Waals surface area (Å²) < 4.78 is 0. The smallest absolute Gasteiger partial charge is 0.270 e. The number of nitrogens with zero attached hydrogens (tertiary/aromatic N) is 3. The number of aryl methyl sites for hydroxylation is 1. The van der Waals surface area contributed by atoms with E-state index >= 15 is 0 Å². The number of hydrazine groups is 1. The minimum absolute atomic E-state index is 0.176. The largest absolute Gasteiger partial charge is 0.362 e. The van der Waals surface area contributed by atoms with Crippen molar-refractivity contribution in [3.05, 3.63) is 90.3 Å². The van der Waals surface area contributed by atoms with E-state index in [4.69, 9.17) is 0 Å². The molecule has 1 aliphatic heterocycles. The van der Waals surface area contributed by atoms with Crippen LogP contribution in [0, 0.1) is 0 Å². The number of hydrogen-bond donors (Lipinski definition) is 2. The average molecular weight is 438 g/mol. The van der Waals surface area contributed by atoms with Crippen molar-refractivity contribution in [3.8, 4) is 11.3 Å². The monoisotopic (exact) mass is 437 g/mol. The molecule has 2 amide bonds. The molecule has 1 aliphatic rings. The maximum Gasteiger partial charge on any atom is 0.270 e. The Morgan fingerprint density at radius 3 is 2.70 bits per heavy atom. The number of aromatic nitrogens is 2. The van der Waals surface area contributed by atoms with Gasteiger partial charge in [0.2, 0.25) is 0 Å². The molecule has 0 aliphatic carbocycles. The van der Waals surface area contributed by atoms with Crippen LogP contribution >= 0.6 is 0 Å². The van der Waals surface area contributed by atoms with E-state index in [1.54, 1.807) is 18.5 Å². The minimum atomic E-state index is -0.397. The van der Waals surface area contributed by atoms with Crippen molar-refractivity contribution in [2.75, 3.05) is 18.0 Å². The summed E-state index contributed by atoms with van der Waals surface area (Å²) in [5, 5.41) is 0.710. The van der Waals surface area contributed by atoms with Gasteiger partial charge in [-0.25, -0.2) is 4.98 Å². The molecule has 0 saturated heterocycles. The van der Waals surface area contributed by atoms with Crippen molar-refractivity contribution in [2.45, 2.75) is 12.8 Å². The van der Waals surface area contributed by atoms with Gasteiger partial charge in [-0.05, 0) is 48.7 Å². The summed E-state index contributed by atoms with van der Waals surface area (Å²) in [5.74, 6) is -0.669. The lowest BCUT2D eigenvalue weighted by atomic mass is 10.0. The molecule has 7 heteroatoms. The van der Waals surface area contributed by atoms with Gasteiger partial charge in [-0.3, -0.25) is 25.4 Å². The van der Waals surface area contributed by atoms with Crippen molar-refractivity contribution in [2.24, 2.45) is 0 Å². The fourth-order valence-corrected chi connectivity index (χ4v) is 4.21. The molecule has 7 nitrogen and oxygen atoms in total. The van der Waals surface area contributed by atoms with Crippen molar-refractivity contribution in [3.63, 3.8) is 0 Å². The highest BCUT2D eigenvalue weighted by Gasteiger charge is 2.20. The number of hydrogen-bond acceptors (Lipinski definition) is 5. The lowest BCUT2D eigenvalue weighted by Crippen LogP contribution is -2.47. The van der Waals surface area contributed by atoms with Gasteiger partial charge in [0.25, 0.3) is 11.8 Å². The zero-order chi connectivity index (χ0) is 22.6. The Morgan fingerprint density at radius 2 is 1.82 bits per heavy atom. The van der Waals surface area contributed by atoms with Crippen LogP contribution in [0.5, 0.6) is 0 Å². The second-order valence-corrected chi connectivity index (χ2v) is 7.97. The zero-order valence-corrected chi connectivity index (χ0v) is 18.0. The molecular weight excluding hydrogens is 414 g/mol. The number of anilines is 1. The number of nitrogens with one attached hydrogen (secondary N) is 2. The summed E-state index contributed by atoms with van der Waals surface area (Å²) in [6.45, 7) is 0.983. The van der Waals surface area contributed by atoms with Crippen molar-refractivity contribution in [1.82, 2.24) is 20.8 Å². The Hall–Kier alpha value is -4.26. The number of carbonyl (C=O) groups excluding carboxylic acids is 2. The molecular formula is C26H23N5O2. The van der Waals surface area contributed by atoms with Crippen LogP contribution in [0.2, 0.25) is 0 Å². The summed E-state index contributed by atoms with van der Waals surface area (Å²) in [5.41, 5.74) is 10.0. The standard InChI is InChI=1S/C26H23N5O2/c32-25(17-31-14-6-9-18-7-1-4-12-24(18)31)29-30-26(33)21-15-23(19-8-5-13-27-16-19)28-22-11-3-2-10-20(21)22/h1-5,7-8,10-13,15-16H,6,9,14,17H2,(H,29,32)(H,30,33). The third kappa shape index (κ3) is 4.39. The topological polar surface area (TPSA) is 87.2 Å². The summed E-state index contributed by atoms with van der Waals surface area (Å²) in [6, 6.07) is 21.0. The van der Waals surface area contributed by atoms with E-state index in [0.717, 1.165) is 30.6 Å². The lowest BCUT2D eigenvalue weighted by molar-refractivity contribution is -0.120. The molecule has 0 atom stereocenters. The first-order valence-electron chi connectivity index (χ1n) is 10.9. The number of carbonyl (C=O) groups is 2. The summed E-state index contributed by atoms with van der Waals surface area (Å²) >= 11 is 0. The Kier molecular flexibility index (Phi) is 5.68. The molecule has 0 fully saturated rings. The van der Waals surface area contributed by atoms with E-state index in [-0.39, 0.29) is 12.5 Å². The van der Waals surface area contributed by atoms with Crippen LogP contribution in [0.4, 0.5) is 5.69 Å². The van der Waals surface area contributed by atoms with E-state index in [9.17, 15) is 9.59 Å². The van der Waals surface area contributed by atoms with Gasteiger partial charge in [0, 0.05) is 35.6 Å². The molecule has 3 heterocycles. The fourth-order valence-electron chi connectivity index (χ4n) is 4.21. The maximum atomic E-state index is 13.1. The number of pyridine rings is 2. The third-order valence-corrected chi connectivity index (χ3v) is 5.77. The van der Waals surface area contributed by atoms with Gasteiger partial charge in [0.05, 0.1) is 23.3 Å². The molecule has 0 spiro atoms. The Bertz CT molecular complexity index is 1320. The first kappa shape index (κ1) is 20.6. The van der Waals surface area contributed by atoms with Crippen LogP contribution < -0.4 is 15.8 Å². The van der Waals surface area contributed by atoms with Crippen LogP contribution in [0.25, 0.3) is 22.2 Å². The zero-order valence-electron chi connectivity index (χ0n) is 18.0. The number of para-hydroxylation sites is 2. The molecule has 2 aromatic heterocycles. The Balaban J connectivity index is 1.33. The van der Waals surface area contributed by atoms with Crippen molar-refractivity contribution < 1.29 is 9.59 Å². The summed E-state index contributed by atoms with van der Waals surface area (Å²) in [6.07, 6.45) is 5.40. The highest BCUT2D eigenvalue weighted by Crippen LogP contribution is 2.26. The third-order valence-electron chi connectivity index (χ3n) is 5.77. The second kappa shape index (κ2) is 9.08. The predicted octanol–water partition coefficient (Wildman–Crippen LogP) is 3.51. The quantitative estimate of drug-likeness (QED) is 0.477. The lowest BCUT2D eigenvalue weighted by Gasteiger charge is -2.30. The van der Waals surface area contributed by atoms with Crippen LogP contribution in [0.3, 0.4) is 0 Å². The van der Waals surface area contributed by atoms with Crippen LogP contribution in [0.15, 0.2) is 79.1 Å². The van der Waals surface area contributed by atoms with Crippen LogP contribution in [0.1, 0.15) is 22.3 Å². The van der Waals surface area contributed by atoms with E-state index in [2.05, 4.69) is 26.9 Å². The summed E-state index contributed by atoms with van der Waals surface area (Å²) in [4.78, 5) is 36.5. The number of fused-ring (bicyclic) bond motifs is 2. The summed E-state index contributed by atoms with van der Waals surface area (Å²) in [7, 11) is 0. The highest BCUT2D eigenvalue weighted by molar-refractivity contribution is 6.07. The second-order valence-electron chi connectivity index (χ2n) is 7.97. The molecule has 2 aromatic carbocycles. The van der Waals surface area contributed by atoms with E-state index < -0.39 is 5.91 Å². The molecule has 0 radical (unpaired) electrons. The minimum Gasteiger partial charge on any atom is -0.362 e. The first-order chi connectivity index (χ1) is 16.2. The molecule has 0 unspecified atom stereocenters. The van der Waals surface area contributed by atoms with Gasteiger partial charge >= 0.3 is 0 Å². The van der Waals surface area contributed by atoms with Gasteiger partial charge in [-0.15, -0.1) is 0 Å². The van der Waals surface area contributed by atoms with E-state index in [1.165, 1.54) is 5.56 Å². The Labute approximate surface area is 191 Å².